The largest absolute Gasteiger partial charge is 0.504 e. The predicted octanol–water partition coefficient (Wildman–Crippen LogP) is 2.58. The summed E-state index contributed by atoms with van der Waals surface area (Å²) in [7, 11) is 3.41. The van der Waals surface area contributed by atoms with E-state index in [-0.39, 0.29) is 17.5 Å². The SMILES string of the molecule is CN(C)C(=O)Nc1ccccc1.Oc1cccc(O)c1O. The molecule has 0 atom stereocenters. The maximum Gasteiger partial charge on any atom is 0.321 e. The number of hydrogen-bond donors (Lipinski definition) is 4. The minimum Gasteiger partial charge on any atom is -0.504 e. The molecule has 0 aromatic heterocycles. The maximum atomic E-state index is 11.1. The highest BCUT2D eigenvalue weighted by Gasteiger charge is 2.02. The van der Waals surface area contributed by atoms with Crippen molar-refractivity contribution in [3.63, 3.8) is 0 Å². The number of benzene rings is 2. The first-order valence-corrected chi connectivity index (χ1v) is 6.15. The van der Waals surface area contributed by atoms with Crippen LogP contribution in [0.4, 0.5) is 10.5 Å². The Kier molecular flexibility index (Phi) is 5.88. The number of hydrogen-bond acceptors (Lipinski definition) is 4. The van der Waals surface area contributed by atoms with Crippen molar-refractivity contribution >= 4 is 11.7 Å². The van der Waals surface area contributed by atoms with Crippen LogP contribution in [0.5, 0.6) is 17.2 Å². The summed E-state index contributed by atoms with van der Waals surface area (Å²) in [6, 6.07) is 13.3. The number of anilines is 1. The highest BCUT2D eigenvalue weighted by atomic mass is 16.3. The van der Waals surface area contributed by atoms with E-state index in [2.05, 4.69) is 5.32 Å². The number of carbonyl (C=O) groups excluding carboxylic acids is 1. The van der Waals surface area contributed by atoms with Crippen molar-refractivity contribution in [3.05, 3.63) is 48.5 Å². The van der Waals surface area contributed by atoms with Gasteiger partial charge in [0.15, 0.2) is 17.2 Å². The van der Waals surface area contributed by atoms with E-state index in [0.717, 1.165) is 5.69 Å². The zero-order chi connectivity index (χ0) is 15.8. The molecule has 6 nitrogen and oxygen atoms in total. The van der Waals surface area contributed by atoms with Gasteiger partial charge in [-0.25, -0.2) is 4.79 Å². The third kappa shape index (κ3) is 5.32. The summed E-state index contributed by atoms with van der Waals surface area (Å²) in [5.74, 6) is -1.09. The first kappa shape index (κ1) is 16.2. The summed E-state index contributed by atoms with van der Waals surface area (Å²) in [6.07, 6.45) is 0. The van der Waals surface area contributed by atoms with Gasteiger partial charge in [-0.2, -0.15) is 0 Å². The van der Waals surface area contributed by atoms with E-state index >= 15 is 0 Å². The van der Waals surface area contributed by atoms with Crippen LogP contribution in [0.15, 0.2) is 48.5 Å². The van der Waals surface area contributed by atoms with Crippen molar-refractivity contribution in [2.24, 2.45) is 0 Å². The van der Waals surface area contributed by atoms with Crippen LogP contribution in [-0.2, 0) is 0 Å². The molecule has 0 spiro atoms. The van der Waals surface area contributed by atoms with Crippen LogP contribution in [0, 0.1) is 0 Å². The van der Waals surface area contributed by atoms with Crippen LogP contribution in [0.3, 0.4) is 0 Å². The molecule has 0 aliphatic rings. The van der Waals surface area contributed by atoms with Crippen molar-refractivity contribution in [2.45, 2.75) is 0 Å². The summed E-state index contributed by atoms with van der Waals surface area (Å²) >= 11 is 0. The number of nitrogens with one attached hydrogen (secondary N) is 1. The topological polar surface area (TPSA) is 93.0 Å². The summed E-state index contributed by atoms with van der Waals surface area (Å²) < 4.78 is 0. The molecule has 0 saturated heterocycles. The Morgan fingerprint density at radius 1 is 0.905 bits per heavy atom. The molecule has 0 aliphatic carbocycles. The lowest BCUT2D eigenvalue weighted by molar-refractivity contribution is 0.230. The molecule has 2 rings (SSSR count). The van der Waals surface area contributed by atoms with Gasteiger partial charge < -0.3 is 25.5 Å². The first-order valence-electron chi connectivity index (χ1n) is 6.15. The van der Waals surface area contributed by atoms with Crippen LogP contribution in [0.25, 0.3) is 0 Å². The number of phenolic OH excluding ortho intramolecular Hbond substituents is 3. The van der Waals surface area contributed by atoms with E-state index in [1.54, 1.807) is 14.1 Å². The molecular weight excluding hydrogens is 272 g/mol. The van der Waals surface area contributed by atoms with Crippen LogP contribution < -0.4 is 5.32 Å². The number of carbonyl (C=O) groups is 1. The second-order valence-electron chi connectivity index (χ2n) is 4.34. The van der Waals surface area contributed by atoms with E-state index in [9.17, 15) is 4.79 Å². The van der Waals surface area contributed by atoms with Crippen molar-refractivity contribution < 1.29 is 20.1 Å². The molecule has 0 radical (unpaired) electrons. The molecular formula is C15H18N2O4. The summed E-state index contributed by atoms with van der Waals surface area (Å²) in [5.41, 5.74) is 0.816. The molecule has 112 valence electrons. The monoisotopic (exact) mass is 290 g/mol. The Hall–Kier alpha value is -2.89. The fourth-order valence-electron chi connectivity index (χ4n) is 1.28. The number of urea groups is 1. The van der Waals surface area contributed by atoms with E-state index in [4.69, 9.17) is 15.3 Å². The van der Waals surface area contributed by atoms with Gasteiger partial charge in [-0.1, -0.05) is 24.3 Å². The van der Waals surface area contributed by atoms with Gasteiger partial charge in [0, 0.05) is 19.8 Å². The van der Waals surface area contributed by atoms with Crippen molar-refractivity contribution in [1.29, 1.82) is 0 Å². The molecule has 0 unspecified atom stereocenters. The van der Waals surface area contributed by atoms with Crippen LogP contribution >= 0.6 is 0 Å². The highest BCUT2D eigenvalue weighted by molar-refractivity contribution is 5.88. The number of phenols is 3. The number of aromatic hydroxyl groups is 3. The second kappa shape index (κ2) is 7.64. The number of rotatable bonds is 1. The molecule has 6 heteroatoms. The van der Waals surface area contributed by atoms with Gasteiger partial charge in [0.25, 0.3) is 0 Å². The predicted molar refractivity (Wildman–Crippen MR) is 80.6 cm³/mol. The Labute approximate surface area is 122 Å². The molecule has 0 bridgehead atoms. The Morgan fingerprint density at radius 3 is 1.86 bits per heavy atom. The van der Waals surface area contributed by atoms with Crippen LogP contribution in [0.1, 0.15) is 0 Å². The number of para-hydroxylation sites is 2. The molecule has 0 fully saturated rings. The molecule has 21 heavy (non-hydrogen) atoms. The van der Waals surface area contributed by atoms with E-state index in [1.165, 1.54) is 23.1 Å². The normalized spacial score (nSPS) is 9.24. The Morgan fingerprint density at radius 2 is 1.43 bits per heavy atom. The molecule has 4 N–H and O–H groups in total. The number of amides is 2. The fourth-order valence-corrected chi connectivity index (χ4v) is 1.28. The lowest BCUT2D eigenvalue weighted by Crippen LogP contribution is -2.27. The van der Waals surface area contributed by atoms with Crippen LogP contribution in [-0.4, -0.2) is 40.3 Å². The summed E-state index contributed by atoms with van der Waals surface area (Å²) in [5, 5.41) is 28.8. The quantitative estimate of drug-likeness (QED) is 0.607. The van der Waals surface area contributed by atoms with Gasteiger partial charge >= 0.3 is 6.03 Å². The minimum absolute atomic E-state index is 0.110. The summed E-state index contributed by atoms with van der Waals surface area (Å²) in [4.78, 5) is 12.6. The molecule has 0 heterocycles. The van der Waals surface area contributed by atoms with Gasteiger partial charge in [-0.3, -0.25) is 0 Å². The smallest absolute Gasteiger partial charge is 0.321 e. The molecule has 0 aliphatic heterocycles. The third-order valence-corrected chi connectivity index (χ3v) is 2.42. The average molecular weight is 290 g/mol. The molecule has 2 aromatic rings. The van der Waals surface area contributed by atoms with E-state index in [0.29, 0.717) is 0 Å². The Bertz CT molecular complexity index is 565. The van der Waals surface area contributed by atoms with Gasteiger partial charge in [0.1, 0.15) is 0 Å². The number of nitrogens with zero attached hydrogens (tertiary/aromatic N) is 1. The lowest BCUT2D eigenvalue weighted by atomic mass is 10.3. The highest BCUT2D eigenvalue weighted by Crippen LogP contribution is 2.32. The zero-order valence-corrected chi connectivity index (χ0v) is 11.8. The Balaban J connectivity index is 0.000000219. The first-order chi connectivity index (χ1) is 9.91. The molecule has 0 saturated carbocycles. The zero-order valence-electron chi connectivity index (χ0n) is 11.8. The second-order valence-corrected chi connectivity index (χ2v) is 4.34. The molecule has 2 amide bonds. The van der Waals surface area contributed by atoms with Gasteiger partial charge in [-0.15, -0.1) is 0 Å². The lowest BCUT2D eigenvalue weighted by Gasteiger charge is -2.11. The molecule has 2 aromatic carbocycles. The van der Waals surface area contributed by atoms with Crippen LogP contribution in [0.2, 0.25) is 0 Å². The maximum absolute atomic E-state index is 11.1. The minimum atomic E-state index is -0.475. The van der Waals surface area contributed by atoms with Gasteiger partial charge in [-0.05, 0) is 24.3 Å². The van der Waals surface area contributed by atoms with E-state index < -0.39 is 5.75 Å². The van der Waals surface area contributed by atoms with Crippen molar-refractivity contribution in [1.82, 2.24) is 4.90 Å². The van der Waals surface area contributed by atoms with Gasteiger partial charge in [0.2, 0.25) is 0 Å². The van der Waals surface area contributed by atoms with E-state index in [1.807, 2.05) is 30.3 Å². The average Bonchev–Trinajstić information content (AvgIpc) is 2.46. The third-order valence-electron chi connectivity index (χ3n) is 2.42. The van der Waals surface area contributed by atoms with Gasteiger partial charge in [0.05, 0.1) is 0 Å². The standard InChI is InChI=1S/C9H12N2O.C6H6O3/c1-11(2)9(12)10-8-6-4-3-5-7-8;7-4-2-1-3-5(8)6(4)9/h3-7H,1-2H3,(H,10,12);1-3,7-9H. The van der Waals surface area contributed by atoms with Crippen molar-refractivity contribution in [3.8, 4) is 17.2 Å². The fraction of sp³-hybridized carbons (Fsp3) is 0.133. The van der Waals surface area contributed by atoms with Crippen molar-refractivity contribution in [2.75, 3.05) is 19.4 Å². The summed E-state index contributed by atoms with van der Waals surface area (Å²) in [6.45, 7) is 0.